The summed E-state index contributed by atoms with van der Waals surface area (Å²) in [7, 11) is 0. The molecule has 0 fully saturated rings. The molecule has 0 saturated heterocycles. The number of nitrogens with zero attached hydrogens (tertiary/aromatic N) is 2. The molecule has 0 aliphatic carbocycles. The van der Waals surface area contributed by atoms with E-state index in [1.54, 1.807) is 0 Å². The SMILES string of the molecule is c1ccc(-c2ccc(-c3ccc(N(c4ccc5c(c4)oc4cccc(-c6nc7ccccc7o6)c45)c4cccc5sc6ccccc6c45)cc3)cc2)cc1. The lowest BCUT2D eigenvalue weighted by Crippen LogP contribution is -2.10. The summed E-state index contributed by atoms with van der Waals surface area (Å²) in [5.74, 6) is 0.584. The van der Waals surface area contributed by atoms with Gasteiger partial charge in [-0.2, -0.15) is 0 Å². The van der Waals surface area contributed by atoms with Gasteiger partial charge in [-0.1, -0.05) is 109 Å². The zero-order valence-corrected chi connectivity index (χ0v) is 29.8. The summed E-state index contributed by atoms with van der Waals surface area (Å²) in [6, 6.07) is 64.0. The highest BCUT2D eigenvalue weighted by atomic mass is 32.1. The molecule has 11 rings (SSSR count). The number of oxazole rings is 1. The molecule has 0 aliphatic heterocycles. The van der Waals surface area contributed by atoms with Crippen molar-refractivity contribution in [3.63, 3.8) is 0 Å². The fourth-order valence-electron chi connectivity index (χ4n) is 7.78. The summed E-state index contributed by atoms with van der Waals surface area (Å²) in [5, 5.41) is 4.49. The average molecular weight is 711 g/mol. The Kier molecular flexibility index (Phi) is 7.00. The molecule has 3 aromatic heterocycles. The topological polar surface area (TPSA) is 42.4 Å². The van der Waals surface area contributed by atoms with Gasteiger partial charge in [0.2, 0.25) is 5.89 Å². The smallest absolute Gasteiger partial charge is 0.228 e. The van der Waals surface area contributed by atoms with Crippen LogP contribution in [0.3, 0.4) is 0 Å². The second-order valence-electron chi connectivity index (χ2n) is 13.5. The molecule has 0 bridgehead atoms. The first-order valence-electron chi connectivity index (χ1n) is 18.0. The largest absolute Gasteiger partial charge is 0.456 e. The number of anilines is 3. The van der Waals surface area contributed by atoms with Gasteiger partial charge < -0.3 is 13.7 Å². The molecule has 0 unspecified atom stereocenters. The van der Waals surface area contributed by atoms with Crippen LogP contribution in [0.1, 0.15) is 0 Å². The molecule has 3 heterocycles. The third kappa shape index (κ3) is 5.01. The van der Waals surface area contributed by atoms with Crippen molar-refractivity contribution in [3.8, 4) is 33.7 Å². The quantitative estimate of drug-likeness (QED) is 0.172. The van der Waals surface area contributed by atoms with Crippen LogP contribution in [0, 0.1) is 0 Å². The van der Waals surface area contributed by atoms with E-state index in [-0.39, 0.29) is 0 Å². The molecule has 0 N–H and O–H groups in total. The number of para-hydroxylation sites is 2. The van der Waals surface area contributed by atoms with Gasteiger partial charge in [0.05, 0.1) is 5.69 Å². The van der Waals surface area contributed by atoms with Crippen LogP contribution in [-0.2, 0) is 0 Å². The van der Waals surface area contributed by atoms with E-state index >= 15 is 0 Å². The van der Waals surface area contributed by atoms with Gasteiger partial charge in [-0.05, 0) is 89.0 Å². The molecular formula is C49H30N2O2S. The number of benzene rings is 8. The van der Waals surface area contributed by atoms with E-state index in [1.807, 2.05) is 47.7 Å². The normalized spacial score (nSPS) is 11.7. The maximum Gasteiger partial charge on any atom is 0.228 e. The van der Waals surface area contributed by atoms with Gasteiger partial charge >= 0.3 is 0 Å². The van der Waals surface area contributed by atoms with Crippen molar-refractivity contribution in [2.24, 2.45) is 0 Å². The highest BCUT2D eigenvalue weighted by Crippen LogP contribution is 2.46. The minimum Gasteiger partial charge on any atom is -0.456 e. The van der Waals surface area contributed by atoms with Crippen molar-refractivity contribution in [2.45, 2.75) is 0 Å². The van der Waals surface area contributed by atoms with E-state index in [9.17, 15) is 0 Å². The van der Waals surface area contributed by atoms with E-state index in [4.69, 9.17) is 13.8 Å². The first-order chi connectivity index (χ1) is 26.7. The standard InChI is InChI=1S/C49H30N2O2S/c1-2-10-31(11-3-1)32-20-22-33(23-21-32)34-24-26-35(27-25-34)51(41-15-9-19-46-48(41)38-12-4-7-18-45(38)54-46)36-28-29-37-44(30-36)52-43-17-8-13-39(47(37)43)49-50-40-14-5-6-16-42(40)53-49/h1-30H. The minimum atomic E-state index is 0.584. The maximum atomic E-state index is 6.62. The molecule has 0 spiro atoms. The Morgan fingerprint density at radius 1 is 0.426 bits per heavy atom. The zero-order valence-electron chi connectivity index (χ0n) is 28.9. The van der Waals surface area contributed by atoms with Gasteiger partial charge in [-0.25, -0.2) is 4.98 Å². The first-order valence-corrected chi connectivity index (χ1v) is 18.8. The highest BCUT2D eigenvalue weighted by Gasteiger charge is 2.22. The van der Waals surface area contributed by atoms with Crippen molar-refractivity contribution in [3.05, 3.63) is 182 Å². The lowest BCUT2D eigenvalue weighted by atomic mass is 10.00. The molecular weight excluding hydrogens is 681 g/mol. The molecule has 0 atom stereocenters. The predicted molar refractivity (Wildman–Crippen MR) is 225 cm³/mol. The Morgan fingerprint density at radius 2 is 1.07 bits per heavy atom. The number of furan rings is 1. The third-order valence-corrected chi connectivity index (χ3v) is 11.5. The molecule has 0 radical (unpaired) electrons. The van der Waals surface area contributed by atoms with E-state index in [0.29, 0.717) is 5.89 Å². The Balaban J connectivity index is 1.06. The molecule has 54 heavy (non-hydrogen) atoms. The zero-order chi connectivity index (χ0) is 35.6. The summed E-state index contributed by atoms with van der Waals surface area (Å²) >= 11 is 1.83. The van der Waals surface area contributed by atoms with Crippen LogP contribution in [0.25, 0.3) is 86.9 Å². The number of hydrogen-bond acceptors (Lipinski definition) is 5. The van der Waals surface area contributed by atoms with Crippen LogP contribution < -0.4 is 4.90 Å². The van der Waals surface area contributed by atoms with Gasteiger partial charge in [0.25, 0.3) is 0 Å². The van der Waals surface area contributed by atoms with Crippen LogP contribution >= 0.6 is 11.3 Å². The van der Waals surface area contributed by atoms with Crippen LogP contribution in [0.2, 0.25) is 0 Å². The van der Waals surface area contributed by atoms with E-state index in [0.717, 1.165) is 61.2 Å². The van der Waals surface area contributed by atoms with Crippen LogP contribution in [0.15, 0.2) is 191 Å². The van der Waals surface area contributed by atoms with Crippen LogP contribution in [0.5, 0.6) is 0 Å². The van der Waals surface area contributed by atoms with Gasteiger partial charge in [0.15, 0.2) is 5.58 Å². The van der Waals surface area contributed by atoms with Crippen molar-refractivity contribution in [1.29, 1.82) is 0 Å². The van der Waals surface area contributed by atoms with Gasteiger partial charge in [0, 0.05) is 53.9 Å². The second-order valence-corrected chi connectivity index (χ2v) is 14.6. The third-order valence-electron chi connectivity index (χ3n) is 10.3. The summed E-state index contributed by atoms with van der Waals surface area (Å²) in [6.45, 7) is 0. The van der Waals surface area contributed by atoms with Crippen molar-refractivity contribution >= 4 is 81.6 Å². The monoisotopic (exact) mass is 710 g/mol. The Bertz CT molecular complexity index is 3120. The van der Waals surface area contributed by atoms with Crippen LogP contribution in [-0.4, -0.2) is 4.98 Å². The molecule has 8 aromatic carbocycles. The molecule has 0 aliphatic rings. The number of aromatic nitrogens is 1. The number of fused-ring (bicyclic) bond motifs is 7. The van der Waals surface area contributed by atoms with E-state index in [2.05, 4.69) is 150 Å². The van der Waals surface area contributed by atoms with Crippen molar-refractivity contribution in [2.75, 3.05) is 4.90 Å². The number of rotatable bonds is 6. The van der Waals surface area contributed by atoms with Gasteiger partial charge in [-0.15, -0.1) is 11.3 Å². The summed E-state index contributed by atoms with van der Waals surface area (Å²) in [5.41, 5.74) is 12.1. The van der Waals surface area contributed by atoms with Crippen LogP contribution in [0.4, 0.5) is 17.1 Å². The summed E-state index contributed by atoms with van der Waals surface area (Å²) in [4.78, 5) is 7.18. The minimum absolute atomic E-state index is 0.584. The highest BCUT2D eigenvalue weighted by molar-refractivity contribution is 7.26. The average Bonchev–Trinajstić information content (AvgIpc) is 3.95. The molecule has 4 nitrogen and oxygen atoms in total. The summed E-state index contributed by atoms with van der Waals surface area (Å²) < 4.78 is 15.4. The Morgan fingerprint density at radius 3 is 1.89 bits per heavy atom. The fraction of sp³-hybridized carbons (Fsp3) is 0. The van der Waals surface area contributed by atoms with E-state index < -0.39 is 0 Å². The molecule has 5 heteroatoms. The predicted octanol–water partition coefficient (Wildman–Crippen LogP) is 14.6. The van der Waals surface area contributed by atoms with Crippen molar-refractivity contribution < 1.29 is 8.83 Å². The lowest BCUT2D eigenvalue weighted by molar-refractivity contribution is 0.620. The summed E-state index contributed by atoms with van der Waals surface area (Å²) in [6.07, 6.45) is 0. The van der Waals surface area contributed by atoms with E-state index in [1.165, 1.54) is 36.9 Å². The second kappa shape index (κ2) is 12.3. The molecule has 0 saturated carbocycles. The lowest BCUT2D eigenvalue weighted by Gasteiger charge is -2.26. The molecule has 254 valence electrons. The first kappa shape index (κ1) is 30.7. The number of hydrogen-bond donors (Lipinski definition) is 0. The Hall–Kier alpha value is -6.95. The fourth-order valence-corrected chi connectivity index (χ4v) is 8.90. The Labute approximate surface area is 314 Å². The maximum absolute atomic E-state index is 6.62. The molecule has 11 aromatic rings. The molecule has 0 amide bonds. The van der Waals surface area contributed by atoms with Gasteiger partial charge in [0.1, 0.15) is 16.7 Å². The number of thiophene rings is 1. The van der Waals surface area contributed by atoms with Gasteiger partial charge in [-0.3, -0.25) is 0 Å². The van der Waals surface area contributed by atoms with Crippen molar-refractivity contribution in [1.82, 2.24) is 4.98 Å².